The SMILES string of the molecule is CC1(C)C(CBr)C1(C)c1ccoc1. The van der Waals surface area contributed by atoms with E-state index in [0.29, 0.717) is 10.8 Å². The highest BCUT2D eigenvalue weighted by Gasteiger charge is 2.68. The van der Waals surface area contributed by atoms with Gasteiger partial charge in [-0.2, -0.15) is 0 Å². The second-order valence-electron chi connectivity index (χ2n) is 4.64. The van der Waals surface area contributed by atoms with Crippen LogP contribution in [0.15, 0.2) is 23.0 Å². The van der Waals surface area contributed by atoms with Gasteiger partial charge in [0.25, 0.3) is 0 Å². The third-order valence-corrected chi connectivity index (χ3v) is 4.75. The van der Waals surface area contributed by atoms with Crippen LogP contribution in [-0.4, -0.2) is 5.33 Å². The monoisotopic (exact) mass is 242 g/mol. The predicted molar refractivity (Wildman–Crippen MR) is 57.1 cm³/mol. The van der Waals surface area contributed by atoms with E-state index in [0.717, 1.165) is 11.2 Å². The maximum atomic E-state index is 5.15. The van der Waals surface area contributed by atoms with Gasteiger partial charge in [0.1, 0.15) is 0 Å². The molecule has 1 aliphatic rings. The fraction of sp³-hybridized carbons (Fsp3) is 0.636. The highest BCUT2D eigenvalue weighted by atomic mass is 79.9. The molecule has 0 bridgehead atoms. The quantitative estimate of drug-likeness (QED) is 0.723. The molecule has 2 heteroatoms. The van der Waals surface area contributed by atoms with Crippen LogP contribution in [-0.2, 0) is 5.41 Å². The molecule has 2 unspecified atom stereocenters. The Labute approximate surface area is 87.6 Å². The summed E-state index contributed by atoms with van der Waals surface area (Å²) in [6.45, 7) is 6.97. The molecule has 1 aromatic rings. The summed E-state index contributed by atoms with van der Waals surface area (Å²) in [4.78, 5) is 0. The summed E-state index contributed by atoms with van der Waals surface area (Å²) >= 11 is 3.58. The van der Waals surface area contributed by atoms with Crippen LogP contribution in [0.1, 0.15) is 26.3 Å². The van der Waals surface area contributed by atoms with E-state index >= 15 is 0 Å². The lowest BCUT2D eigenvalue weighted by molar-refractivity contribution is 0.510. The van der Waals surface area contributed by atoms with Crippen LogP contribution < -0.4 is 0 Å². The van der Waals surface area contributed by atoms with Crippen molar-refractivity contribution in [3.05, 3.63) is 24.2 Å². The van der Waals surface area contributed by atoms with Crippen LogP contribution in [0.5, 0.6) is 0 Å². The lowest BCUT2D eigenvalue weighted by Crippen LogP contribution is -2.08. The van der Waals surface area contributed by atoms with Gasteiger partial charge in [0.05, 0.1) is 12.5 Å². The zero-order valence-electron chi connectivity index (χ0n) is 8.30. The highest BCUT2D eigenvalue weighted by Crippen LogP contribution is 2.69. The summed E-state index contributed by atoms with van der Waals surface area (Å²) < 4.78 is 5.15. The first kappa shape index (κ1) is 9.32. The first-order chi connectivity index (χ1) is 6.05. The van der Waals surface area contributed by atoms with Crippen LogP contribution in [0.4, 0.5) is 0 Å². The van der Waals surface area contributed by atoms with Gasteiger partial charge in [-0.15, -0.1) is 0 Å². The third kappa shape index (κ3) is 0.983. The maximum absolute atomic E-state index is 5.15. The summed E-state index contributed by atoms with van der Waals surface area (Å²) in [7, 11) is 0. The smallest absolute Gasteiger partial charge is 0.0940 e. The zero-order valence-corrected chi connectivity index (χ0v) is 9.89. The largest absolute Gasteiger partial charge is 0.472 e. The van der Waals surface area contributed by atoms with Crippen molar-refractivity contribution in [3.8, 4) is 0 Å². The molecule has 13 heavy (non-hydrogen) atoms. The molecule has 0 spiro atoms. The Bertz CT molecular complexity index is 302. The molecule has 0 aromatic carbocycles. The van der Waals surface area contributed by atoms with Crippen LogP contribution in [0.25, 0.3) is 0 Å². The van der Waals surface area contributed by atoms with Gasteiger partial charge in [0.15, 0.2) is 0 Å². The minimum absolute atomic E-state index is 0.295. The van der Waals surface area contributed by atoms with Crippen molar-refractivity contribution in [1.82, 2.24) is 0 Å². The van der Waals surface area contributed by atoms with E-state index in [9.17, 15) is 0 Å². The second-order valence-corrected chi connectivity index (χ2v) is 5.29. The van der Waals surface area contributed by atoms with E-state index in [-0.39, 0.29) is 0 Å². The van der Waals surface area contributed by atoms with Crippen molar-refractivity contribution < 1.29 is 4.42 Å². The molecular weight excluding hydrogens is 228 g/mol. The van der Waals surface area contributed by atoms with E-state index in [4.69, 9.17) is 4.42 Å². The summed E-state index contributed by atoms with van der Waals surface area (Å²) in [5, 5.41) is 1.07. The summed E-state index contributed by atoms with van der Waals surface area (Å²) in [6.07, 6.45) is 3.64. The van der Waals surface area contributed by atoms with Crippen molar-refractivity contribution in [2.75, 3.05) is 5.33 Å². The van der Waals surface area contributed by atoms with Gasteiger partial charge in [0.2, 0.25) is 0 Å². The average Bonchev–Trinajstić information content (AvgIpc) is 2.52. The van der Waals surface area contributed by atoms with Crippen LogP contribution in [0.2, 0.25) is 0 Å². The first-order valence-corrected chi connectivity index (χ1v) is 5.76. The third-order valence-electron chi connectivity index (χ3n) is 4.10. The molecule has 1 nitrogen and oxygen atoms in total. The minimum atomic E-state index is 0.295. The number of halogens is 1. The molecule has 0 amide bonds. The molecule has 0 N–H and O–H groups in total. The molecule has 1 saturated carbocycles. The second kappa shape index (κ2) is 2.63. The van der Waals surface area contributed by atoms with Gasteiger partial charge in [0, 0.05) is 10.7 Å². The van der Waals surface area contributed by atoms with Crippen molar-refractivity contribution in [2.24, 2.45) is 11.3 Å². The van der Waals surface area contributed by atoms with Crippen molar-refractivity contribution >= 4 is 15.9 Å². The molecular formula is C11H15BrO. The Hall–Kier alpha value is -0.240. The van der Waals surface area contributed by atoms with Crippen molar-refractivity contribution in [2.45, 2.75) is 26.2 Å². The van der Waals surface area contributed by atoms with E-state index < -0.39 is 0 Å². The Morgan fingerprint density at radius 1 is 1.46 bits per heavy atom. The molecule has 1 aromatic heterocycles. The Kier molecular flexibility index (Phi) is 1.88. The Morgan fingerprint density at radius 3 is 2.54 bits per heavy atom. The fourth-order valence-corrected chi connectivity index (χ4v) is 4.04. The van der Waals surface area contributed by atoms with Crippen molar-refractivity contribution in [1.29, 1.82) is 0 Å². The average molecular weight is 243 g/mol. The first-order valence-electron chi connectivity index (χ1n) is 4.63. The number of rotatable bonds is 2. The van der Waals surface area contributed by atoms with Gasteiger partial charge >= 0.3 is 0 Å². The number of hydrogen-bond donors (Lipinski definition) is 0. The lowest BCUT2D eigenvalue weighted by atomic mass is 9.92. The molecule has 1 heterocycles. The zero-order chi connectivity index (χ0) is 9.69. The maximum Gasteiger partial charge on any atom is 0.0940 e. The van der Waals surface area contributed by atoms with Gasteiger partial charge in [-0.3, -0.25) is 0 Å². The molecule has 2 atom stereocenters. The van der Waals surface area contributed by atoms with Gasteiger partial charge in [-0.1, -0.05) is 36.7 Å². The lowest BCUT2D eigenvalue weighted by Gasteiger charge is -2.11. The van der Waals surface area contributed by atoms with Gasteiger partial charge in [-0.25, -0.2) is 0 Å². The molecule has 72 valence electrons. The van der Waals surface area contributed by atoms with E-state index in [1.54, 1.807) is 6.26 Å². The molecule has 0 saturated heterocycles. The number of hydrogen-bond acceptors (Lipinski definition) is 1. The van der Waals surface area contributed by atoms with Crippen LogP contribution in [0, 0.1) is 11.3 Å². The van der Waals surface area contributed by atoms with Gasteiger partial charge in [-0.05, 0) is 23.0 Å². The van der Waals surface area contributed by atoms with Crippen LogP contribution in [0.3, 0.4) is 0 Å². The number of furan rings is 1. The normalized spacial score (nSPS) is 36.2. The van der Waals surface area contributed by atoms with Gasteiger partial charge < -0.3 is 4.42 Å². The summed E-state index contributed by atoms with van der Waals surface area (Å²) in [5.74, 6) is 0.720. The Balaban J connectivity index is 2.35. The molecule has 0 radical (unpaired) electrons. The predicted octanol–water partition coefficient (Wildman–Crippen LogP) is 3.59. The van der Waals surface area contributed by atoms with Crippen molar-refractivity contribution in [3.63, 3.8) is 0 Å². The topological polar surface area (TPSA) is 13.1 Å². The molecule has 0 aliphatic heterocycles. The molecule has 2 rings (SSSR count). The fourth-order valence-electron chi connectivity index (χ4n) is 2.58. The minimum Gasteiger partial charge on any atom is -0.472 e. The highest BCUT2D eigenvalue weighted by molar-refractivity contribution is 9.09. The number of alkyl halides is 1. The van der Waals surface area contributed by atoms with E-state index in [1.165, 1.54) is 5.56 Å². The summed E-state index contributed by atoms with van der Waals surface area (Å²) in [5.41, 5.74) is 2.02. The Morgan fingerprint density at radius 2 is 2.15 bits per heavy atom. The van der Waals surface area contributed by atoms with E-state index in [1.807, 2.05) is 6.26 Å². The summed E-state index contributed by atoms with van der Waals surface area (Å²) in [6, 6.07) is 2.09. The molecule has 1 aliphatic carbocycles. The van der Waals surface area contributed by atoms with Crippen LogP contribution >= 0.6 is 15.9 Å². The molecule has 1 fully saturated rings. The standard InChI is InChI=1S/C11H15BrO/c1-10(2)9(6-12)11(10,3)8-4-5-13-7-8/h4-5,7,9H,6H2,1-3H3. The van der Waals surface area contributed by atoms with E-state index in [2.05, 4.69) is 42.8 Å².